The van der Waals surface area contributed by atoms with Crippen LogP contribution in [0.1, 0.15) is 42.4 Å². The Labute approximate surface area is 232 Å². The molecular formula is C32H39N5O2. The van der Waals surface area contributed by atoms with Crippen molar-refractivity contribution in [1.82, 2.24) is 15.2 Å². The third kappa shape index (κ3) is 10.0. The molecule has 3 aromatic carbocycles. The van der Waals surface area contributed by atoms with Gasteiger partial charge in [0.25, 0.3) is 5.91 Å². The molecule has 39 heavy (non-hydrogen) atoms. The van der Waals surface area contributed by atoms with Crippen LogP contribution in [0.3, 0.4) is 0 Å². The molecule has 1 amide bonds. The van der Waals surface area contributed by atoms with E-state index in [1.54, 1.807) is 18.3 Å². The van der Waals surface area contributed by atoms with E-state index in [0.717, 1.165) is 29.8 Å². The number of aliphatic imine (C=N–C) groups is 1. The zero-order valence-electron chi connectivity index (χ0n) is 22.8. The molecule has 1 fully saturated rings. The molecule has 0 spiro atoms. The number of hydrogen-bond donors (Lipinski definition) is 1. The standard InChI is InChI=1S/C32H39N5O2/c1-36(34-25-28-15-7-3-8-16-28)32(35-31(38)24-27-13-5-2-6-14-27)33-19-12-22-39-30-18-11-17-29(23-30)26-37-20-9-4-10-21-37/h2-3,5-8,11,13-18,23,25H,4,9-10,12,19-22,24,26H2,1H3,(H,33,35,38). The van der Waals surface area contributed by atoms with E-state index in [-0.39, 0.29) is 12.3 Å². The van der Waals surface area contributed by atoms with Crippen molar-refractivity contribution in [2.75, 3.05) is 33.3 Å². The van der Waals surface area contributed by atoms with E-state index in [1.807, 2.05) is 66.7 Å². The number of carbonyl (C=O) groups is 1. The Kier molecular flexibility index (Phi) is 11.1. The second-order valence-corrected chi connectivity index (χ2v) is 9.78. The molecule has 7 heteroatoms. The molecule has 1 heterocycles. The number of amides is 1. The Hall–Kier alpha value is -3.97. The highest BCUT2D eigenvalue weighted by atomic mass is 16.5. The first-order valence-electron chi connectivity index (χ1n) is 13.8. The fourth-order valence-electron chi connectivity index (χ4n) is 4.47. The zero-order chi connectivity index (χ0) is 27.1. The summed E-state index contributed by atoms with van der Waals surface area (Å²) in [5.41, 5.74) is 3.18. The van der Waals surface area contributed by atoms with E-state index in [0.29, 0.717) is 19.1 Å². The van der Waals surface area contributed by atoms with Gasteiger partial charge in [-0.15, -0.1) is 0 Å². The first-order valence-corrected chi connectivity index (χ1v) is 13.8. The molecule has 204 valence electrons. The highest BCUT2D eigenvalue weighted by molar-refractivity contribution is 5.94. The molecule has 7 nitrogen and oxygen atoms in total. The lowest BCUT2D eigenvalue weighted by Gasteiger charge is -2.26. The average Bonchev–Trinajstić information content (AvgIpc) is 2.97. The Morgan fingerprint density at radius 3 is 2.44 bits per heavy atom. The van der Waals surface area contributed by atoms with Gasteiger partial charge in [-0.2, -0.15) is 10.1 Å². The average molecular weight is 526 g/mol. The van der Waals surface area contributed by atoms with Gasteiger partial charge in [0.05, 0.1) is 19.2 Å². The predicted octanol–water partition coefficient (Wildman–Crippen LogP) is 5.12. The SMILES string of the molecule is CN(N=Cc1ccccc1)C(=NC(=O)Cc1ccccc1)NCCCOc1cccc(CN2CCCCC2)c1. The molecule has 0 saturated carbocycles. The van der Waals surface area contributed by atoms with Gasteiger partial charge in [-0.1, -0.05) is 79.2 Å². The Balaban J connectivity index is 1.30. The van der Waals surface area contributed by atoms with Crippen LogP contribution in [-0.2, 0) is 17.8 Å². The largest absolute Gasteiger partial charge is 0.494 e. The topological polar surface area (TPSA) is 69.5 Å². The van der Waals surface area contributed by atoms with Gasteiger partial charge in [0.2, 0.25) is 5.96 Å². The zero-order valence-corrected chi connectivity index (χ0v) is 22.8. The molecule has 1 aliphatic rings. The molecule has 0 bridgehead atoms. The minimum absolute atomic E-state index is 0.229. The number of piperidine rings is 1. The predicted molar refractivity (Wildman–Crippen MR) is 158 cm³/mol. The van der Waals surface area contributed by atoms with Gasteiger partial charge < -0.3 is 10.1 Å². The van der Waals surface area contributed by atoms with Crippen LogP contribution in [0.4, 0.5) is 0 Å². The van der Waals surface area contributed by atoms with Crippen LogP contribution in [0.25, 0.3) is 0 Å². The molecular weight excluding hydrogens is 486 g/mol. The highest BCUT2D eigenvalue weighted by Crippen LogP contribution is 2.17. The number of guanidine groups is 1. The lowest BCUT2D eigenvalue weighted by Crippen LogP contribution is -2.37. The summed E-state index contributed by atoms with van der Waals surface area (Å²) in [4.78, 5) is 19.6. The Morgan fingerprint density at radius 2 is 1.67 bits per heavy atom. The summed E-state index contributed by atoms with van der Waals surface area (Å²) in [5, 5.41) is 9.36. The van der Waals surface area contributed by atoms with Crippen LogP contribution >= 0.6 is 0 Å². The van der Waals surface area contributed by atoms with E-state index in [9.17, 15) is 4.79 Å². The van der Waals surface area contributed by atoms with Crippen molar-refractivity contribution >= 4 is 18.1 Å². The van der Waals surface area contributed by atoms with Crippen molar-refractivity contribution in [3.05, 3.63) is 102 Å². The third-order valence-corrected chi connectivity index (χ3v) is 6.54. The van der Waals surface area contributed by atoms with Crippen LogP contribution < -0.4 is 10.1 Å². The van der Waals surface area contributed by atoms with E-state index >= 15 is 0 Å². The molecule has 1 N–H and O–H groups in total. The minimum atomic E-state index is -0.229. The summed E-state index contributed by atoms with van der Waals surface area (Å²) in [6.07, 6.45) is 6.66. The fourth-order valence-corrected chi connectivity index (χ4v) is 4.47. The lowest BCUT2D eigenvalue weighted by molar-refractivity contribution is -0.117. The van der Waals surface area contributed by atoms with Crippen molar-refractivity contribution in [3.8, 4) is 5.75 Å². The quantitative estimate of drug-likeness (QED) is 0.163. The molecule has 0 unspecified atom stereocenters. The maximum atomic E-state index is 12.7. The molecule has 0 aromatic heterocycles. The number of nitrogens with one attached hydrogen (secondary N) is 1. The summed E-state index contributed by atoms with van der Waals surface area (Å²) >= 11 is 0. The molecule has 4 rings (SSSR count). The van der Waals surface area contributed by atoms with Crippen LogP contribution in [-0.4, -0.2) is 61.3 Å². The van der Waals surface area contributed by atoms with E-state index < -0.39 is 0 Å². The first kappa shape index (κ1) is 28.0. The molecule has 1 saturated heterocycles. The van der Waals surface area contributed by atoms with Crippen molar-refractivity contribution in [2.24, 2.45) is 10.1 Å². The van der Waals surface area contributed by atoms with Crippen LogP contribution in [0, 0.1) is 0 Å². The van der Waals surface area contributed by atoms with Crippen molar-refractivity contribution in [1.29, 1.82) is 0 Å². The molecule has 3 aromatic rings. The number of carbonyl (C=O) groups excluding carboxylic acids is 1. The fraction of sp³-hybridized carbons (Fsp3) is 0.344. The van der Waals surface area contributed by atoms with Crippen molar-refractivity contribution in [2.45, 2.75) is 38.6 Å². The summed E-state index contributed by atoms with van der Waals surface area (Å²) in [6.45, 7) is 4.49. The van der Waals surface area contributed by atoms with E-state index in [4.69, 9.17) is 4.74 Å². The second kappa shape index (κ2) is 15.4. The number of rotatable bonds is 11. The number of nitrogens with zero attached hydrogens (tertiary/aromatic N) is 4. The second-order valence-electron chi connectivity index (χ2n) is 9.78. The van der Waals surface area contributed by atoms with Crippen LogP contribution in [0.5, 0.6) is 5.75 Å². The lowest BCUT2D eigenvalue weighted by atomic mass is 10.1. The normalized spacial score (nSPS) is 14.3. The monoisotopic (exact) mass is 525 g/mol. The third-order valence-electron chi connectivity index (χ3n) is 6.54. The number of ether oxygens (including phenoxy) is 1. The first-order chi connectivity index (χ1) is 19.2. The van der Waals surface area contributed by atoms with Gasteiger partial charge in [-0.25, -0.2) is 5.01 Å². The number of hydrogen-bond acceptors (Lipinski definition) is 4. The smallest absolute Gasteiger partial charge is 0.253 e. The molecule has 0 atom stereocenters. The van der Waals surface area contributed by atoms with Gasteiger partial charge in [-0.3, -0.25) is 9.69 Å². The van der Waals surface area contributed by atoms with Crippen LogP contribution in [0.15, 0.2) is 95.0 Å². The maximum absolute atomic E-state index is 12.7. The summed E-state index contributed by atoms with van der Waals surface area (Å²) in [5.74, 6) is 1.07. The number of benzene rings is 3. The minimum Gasteiger partial charge on any atom is -0.494 e. The van der Waals surface area contributed by atoms with E-state index in [2.05, 4.69) is 38.5 Å². The van der Waals surface area contributed by atoms with Gasteiger partial charge in [0.15, 0.2) is 0 Å². The van der Waals surface area contributed by atoms with E-state index in [1.165, 1.54) is 37.9 Å². The Bertz CT molecular complexity index is 1210. The van der Waals surface area contributed by atoms with Gasteiger partial charge >= 0.3 is 0 Å². The summed E-state index contributed by atoms with van der Waals surface area (Å²) in [6, 6.07) is 27.8. The van der Waals surface area contributed by atoms with Gasteiger partial charge in [-0.05, 0) is 61.2 Å². The molecule has 1 aliphatic heterocycles. The Morgan fingerprint density at radius 1 is 0.949 bits per heavy atom. The van der Waals surface area contributed by atoms with Crippen molar-refractivity contribution < 1.29 is 9.53 Å². The highest BCUT2D eigenvalue weighted by Gasteiger charge is 2.11. The van der Waals surface area contributed by atoms with Gasteiger partial charge in [0.1, 0.15) is 5.75 Å². The molecule has 0 aliphatic carbocycles. The van der Waals surface area contributed by atoms with Gasteiger partial charge in [0, 0.05) is 20.1 Å². The van der Waals surface area contributed by atoms with Crippen molar-refractivity contribution in [3.63, 3.8) is 0 Å². The van der Waals surface area contributed by atoms with Crippen LogP contribution in [0.2, 0.25) is 0 Å². The maximum Gasteiger partial charge on any atom is 0.253 e. The summed E-state index contributed by atoms with van der Waals surface area (Å²) in [7, 11) is 1.78. The molecule has 0 radical (unpaired) electrons. The number of hydrazone groups is 1. The summed E-state index contributed by atoms with van der Waals surface area (Å²) < 4.78 is 6.04. The number of likely N-dealkylation sites (tertiary alicyclic amines) is 1.